The highest BCUT2D eigenvalue weighted by atomic mass is 32.2. The lowest BCUT2D eigenvalue weighted by Crippen LogP contribution is -2.00. The van der Waals surface area contributed by atoms with Crippen LogP contribution in [0.15, 0.2) is 24.3 Å². The summed E-state index contributed by atoms with van der Waals surface area (Å²) in [5, 5.41) is 0.129. The number of ketones is 1. The van der Waals surface area contributed by atoms with Gasteiger partial charge < -0.3 is 0 Å². The summed E-state index contributed by atoms with van der Waals surface area (Å²) in [6, 6.07) is 7.49. The third kappa shape index (κ3) is 4.57. The zero-order chi connectivity index (χ0) is 13.7. The lowest BCUT2D eigenvalue weighted by molar-refractivity contribution is -0.109. The molecule has 1 aliphatic rings. The van der Waals surface area contributed by atoms with Crippen molar-refractivity contribution in [3.63, 3.8) is 0 Å². The fraction of sp³-hybridized carbons (Fsp3) is 0.375. The molecule has 19 heavy (non-hydrogen) atoms. The predicted octanol–water partition coefficient (Wildman–Crippen LogP) is 3.30. The average Bonchev–Trinajstić information content (AvgIpc) is 3.22. The number of hydrogen-bond acceptors (Lipinski definition) is 3. The van der Waals surface area contributed by atoms with Crippen LogP contribution in [0.3, 0.4) is 0 Å². The van der Waals surface area contributed by atoms with E-state index in [0.29, 0.717) is 6.42 Å². The van der Waals surface area contributed by atoms with Gasteiger partial charge in [-0.2, -0.15) is 0 Å². The molecule has 1 aliphatic carbocycles. The Bertz CT molecular complexity index is 530. The smallest absolute Gasteiger partial charge is 0.185 e. The molecule has 0 amide bonds. The molecule has 0 atom stereocenters. The van der Waals surface area contributed by atoms with Gasteiger partial charge in [-0.15, -0.1) is 0 Å². The van der Waals surface area contributed by atoms with Crippen molar-refractivity contribution in [2.24, 2.45) is 5.92 Å². The van der Waals surface area contributed by atoms with Crippen LogP contribution in [0.25, 0.3) is 0 Å². The van der Waals surface area contributed by atoms with Gasteiger partial charge in [-0.3, -0.25) is 9.59 Å². The van der Waals surface area contributed by atoms with Crippen molar-refractivity contribution in [3.8, 4) is 11.8 Å². The quantitative estimate of drug-likeness (QED) is 0.479. The second-order valence-electron chi connectivity index (χ2n) is 4.61. The van der Waals surface area contributed by atoms with Gasteiger partial charge in [-0.05, 0) is 25.0 Å². The van der Waals surface area contributed by atoms with Crippen LogP contribution in [-0.4, -0.2) is 16.7 Å². The highest BCUT2D eigenvalue weighted by Crippen LogP contribution is 2.32. The van der Waals surface area contributed by atoms with E-state index in [2.05, 4.69) is 11.8 Å². The number of rotatable bonds is 4. The first-order valence-corrected chi connectivity index (χ1v) is 7.42. The Balaban J connectivity index is 1.86. The summed E-state index contributed by atoms with van der Waals surface area (Å²) in [7, 11) is 0. The number of Topliss-reactive ketones (excluding diaryl/α,β-unsaturated/α-hetero) is 1. The number of carbonyl (C=O) groups is 2. The third-order valence-corrected chi connectivity index (χ3v) is 3.70. The van der Waals surface area contributed by atoms with Gasteiger partial charge in [0.15, 0.2) is 10.9 Å². The number of carbonyl (C=O) groups excluding carboxylic acids is 2. The first-order chi connectivity index (χ1) is 9.16. The molecule has 0 saturated heterocycles. The SMILES string of the molecule is CC(=O)SCCC#Cc1ccc(C(=O)C2CC2)cc1. The summed E-state index contributed by atoms with van der Waals surface area (Å²) >= 11 is 1.30. The van der Waals surface area contributed by atoms with Crippen LogP contribution < -0.4 is 0 Å². The highest BCUT2D eigenvalue weighted by Gasteiger charge is 2.30. The molecular formula is C16H16O2S. The van der Waals surface area contributed by atoms with E-state index in [0.717, 1.165) is 29.7 Å². The Kier molecular flexibility index (Phi) is 4.81. The van der Waals surface area contributed by atoms with Crippen LogP contribution >= 0.6 is 11.8 Å². The molecule has 0 unspecified atom stereocenters. The molecule has 2 nitrogen and oxygen atoms in total. The fourth-order valence-corrected chi connectivity index (χ4v) is 2.20. The Morgan fingerprint density at radius 2 is 1.95 bits per heavy atom. The molecule has 0 heterocycles. The van der Waals surface area contributed by atoms with E-state index in [1.165, 1.54) is 11.8 Å². The van der Waals surface area contributed by atoms with Crippen LogP contribution in [0.5, 0.6) is 0 Å². The van der Waals surface area contributed by atoms with Gasteiger partial charge in [0.25, 0.3) is 0 Å². The number of hydrogen-bond donors (Lipinski definition) is 0. The number of thioether (sulfide) groups is 1. The summed E-state index contributed by atoms with van der Waals surface area (Å²) < 4.78 is 0. The van der Waals surface area contributed by atoms with Crippen molar-refractivity contribution < 1.29 is 9.59 Å². The molecule has 0 radical (unpaired) electrons. The highest BCUT2D eigenvalue weighted by molar-refractivity contribution is 8.13. The van der Waals surface area contributed by atoms with E-state index in [-0.39, 0.29) is 16.8 Å². The Hall–Kier alpha value is -1.53. The maximum atomic E-state index is 11.8. The monoisotopic (exact) mass is 272 g/mol. The Morgan fingerprint density at radius 3 is 2.53 bits per heavy atom. The maximum absolute atomic E-state index is 11.8. The first kappa shape index (κ1) is 13.9. The molecule has 1 saturated carbocycles. The van der Waals surface area contributed by atoms with Crippen molar-refractivity contribution in [1.82, 2.24) is 0 Å². The summed E-state index contributed by atoms with van der Waals surface area (Å²) in [5.74, 6) is 7.34. The van der Waals surface area contributed by atoms with Crippen LogP contribution in [0.4, 0.5) is 0 Å². The van der Waals surface area contributed by atoms with E-state index in [1.54, 1.807) is 6.92 Å². The first-order valence-electron chi connectivity index (χ1n) is 6.43. The molecular weight excluding hydrogens is 256 g/mol. The second kappa shape index (κ2) is 6.58. The molecule has 3 heteroatoms. The van der Waals surface area contributed by atoms with Crippen LogP contribution in [0.2, 0.25) is 0 Å². The molecule has 0 spiro atoms. The summed E-state index contributed by atoms with van der Waals surface area (Å²) in [6.45, 7) is 1.56. The van der Waals surface area contributed by atoms with E-state index in [4.69, 9.17) is 0 Å². The van der Waals surface area contributed by atoms with Crippen molar-refractivity contribution >= 4 is 22.7 Å². The number of benzene rings is 1. The van der Waals surface area contributed by atoms with Gasteiger partial charge in [0.05, 0.1) is 0 Å². The van der Waals surface area contributed by atoms with E-state index in [1.807, 2.05) is 24.3 Å². The van der Waals surface area contributed by atoms with E-state index < -0.39 is 0 Å². The van der Waals surface area contributed by atoms with Gasteiger partial charge >= 0.3 is 0 Å². The zero-order valence-corrected chi connectivity index (χ0v) is 11.8. The van der Waals surface area contributed by atoms with Gasteiger partial charge in [0.2, 0.25) is 0 Å². The lowest BCUT2D eigenvalue weighted by Gasteiger charge is -1.98. The molecule has 0 aliphatic heterocycles. The molecule has 1 aromatic rings. The molecule has 1 fully saturated rings. The Labute approximate surface area is 118 Å². The van der Waals surface area contributed by atoms with Crippen molar-refractivity contribution in [2.75, 3.05) is 5.75 Å². The molecule has 1 aromatic carbocycles. The van der Waals surface area contributed by atoms with Crippen molar-refractivity contribution in [3.05, 3.63) is 35.4 Å². The van der Waals surface area contributed by atoms with Crippen LogP contribution in [0, 0.1) is 17.8 Å². The summed E-state index contributed by atoms with van der Waals surface area (Å²) in [5.41, 5.74) is 1.71. The predicted molar refractivity (Wildman–Crippen MR) is 78.1 cm³/mol. The largest absolute Gasteiger partial charge is 0.294 e. The normalized spacial score (nSPS) is 13.5. The molecule has 0 N–H and O–H groups in total. The minimum absolute atomic E-state index is 0.129. The molecule has 2 rings (SSSR count). The zero-order valence-electron chi connectivity index (χ0n) is 10.9. The van der Waals surface area contributed by atoms with Gasteiger partial charge in [0, 0.05) is 36.1 Å². The summed E-state index contributed by atoms with van der Waals surface area (Å²) in [4.78, 5) is 22.5. The maximum Gasteiger partial charge on any atom is 0.185 e. The van der Waals surface area contributed by atoms with Gasteiger partial charge in [0.1, 0.15) is 0 Å². The minimum Gasteiger partial charge on any atom is -0.294 e. The van der Waals surface area contributed by atoms with E-state index in [9.17, 15) is 9.59 Å². The standard InChI is InChI=1S/C16H16O2S/c1-12(17)19-11-3-2-4-13-5-7-14(8-6-13)16(18)15-9-10-15/h5-8,15H,3,9-11H2,1H3. The van der Waals surface area contributed by atoms with Crippen molar-refractivity contribution in [1.29, 1.82) is 0 Å². The lowest BCUT2D eigenvalue weighted by atomic mass is 10.1. The van der Waals surface area contributed by atoms with E-state index >= 15 is 0 Å². The molecule has 0 aromatic heterocycles. The second-order valence-corrected chi connectivity index (χ2v) is 5.88. The molecule has 0 bridgehead atoms. The topological polar surface area (TPSA) is 34.1 Å². The average molecular weight is 272 g/mol. The molecule has 98 valence electrons. The Morgan fingerprint density at radius 1 is 1.26 bits per heavy atom. The summed E-state index contributed by atoms with van der Waals surface area (Å²) in [6.07, 6.45) is 2.77. The van der Waals surface area contributed by atoms with Gasteiger partial charge in [-0.1, -0.05) is 35.7 Å². The van der Waals surface area contributed by atoms with Crippen LogP contribution in [-0.2, 0) is 4.79 Å². The minimum atomic E-state index is 0.129. The van der Waals surface area contributed by atoms with Crippen molar-refractivity contribution in [2.45, 2.75) is 26.2 Å². The third-order valence-electron chi connectivity index (χ3n) is 2.88. The van der Waals surface area contributed by atoms with Gasteiger partial charge in [-0.25, -0.2) is 0 Å². The fourth-order valence-electron chi connectivity index (χ4n) is 1.71. The van der Waals surface area contributed by atoms with Crippen LogP contribution in [0.1, 0.15) is 42.1 Å².